The van der Waals surface area contributed by atoms with Crippen LogP contribution in [0.3, 0.4) is 0 Å². The van der Waals surface area contributed by atoms with Crippen LogP contribution in [-0.2, 0) is 10.0 Å². The lowest BCUT2D eigenvalue weighted by Gasteiger charge is -2.16. The Kier molecular flexibility index (Phi) is 5.54. The number of rotatable bonds is 6. The van der Waals surface area contributed by atoms with Gasteiger partial charge < -0.3 is 9.84 Å². The van der Waals surface area contributed by atoms with Crippen molar-refractivity contribution in [2.24, 2.45) is 0 Å². The molecule has 0 saturated carbocycles. The van der Waals surface area contributed by atoms with Gasteiger partial charge in [0.15, 0.2) is 5.82 Å². The summed E-state index contributed by atoms with van der Waals surface area (Å²) in [6.45, 7) is 0. The van der Waals surface area contributed by atoms with Crippen LogP contribution in [0.15, 0.2) is 64.3 Å². The molecule has 1 aromatic heterocycles. The smallest absolute Gasteiger partial charge is 0.252 e. The molecule has 0 aliphatic heterocycles. The molecule has 0 saturated heterocycles. The number of carbonyl (C=O) groups excluding carboxylic acids is 1. The van der Waals surface area contributed by atoms with Gasteiger partial charge in [0.2, 0.25) is 16.4 Å². The Hall–Kier alpha value is -2.75. The third kappa shape index (κ3) is 4.33. The van der Waals surface area contributed by atoms with Gasteiger partial charge in [0.05, 0.1) is 4.90 Å². The molecule has 0 bridgehead atoms. The summed E-state index contributed by atoms with van der Waals surface area (Å²) < 4.78 is 30.9. The van der Waals surface area contributed by atoms with Gasteiger partial charge in [-0.2, -0.15) is 4.98 Å². The molecule has 2 N–H and O–H groups in total. The van der Waals surface area contributed by atoms with Crippen LogP contribution in [0.25, 0.3) is 0 Å². The Bertz CT molecular complexity index is 1040. The van der Waals surface area contributed by atoms with Gasteiger partial charge in [-0.3, -0.25) is 4.79 Å². The Morgan fingerprint density at radius 3 is 2.56 bits per heavy atom. The zero-order valence-electron chi connectivity index (χ0n) is 14.1. The van der Waals surface area contributed by atoms with Crippen LogP contribution < -0.4 is 10.0 Å². The Balaban J connectivity index is 1.92. The van der Waals surface area contributed by atoms with E-state index in [1.165, 1.54) is 31.3 Å². The van der Waals surface area contributed by atoms with Crippen molar-refractivity contribution in [1.29, 1.82) is 0 Å². The number of amides is 1. The van der Waals surface area contributed by atoms with Gasteiger partial charge in [0.1, 0.15) is 6.04 Å². The number of nitrogens with zero attached hydrogens (tertiary/aromatic N) is 2. The molecule has 2 aromatic carbocycles. The molecule has 0 aliphatic carbocycles. The van der Waals surface area contributed by atoms with Crippen LogP contribution in [0.4, 0.5) is 0 Å². The van der Waals surface area contributed by atoms with Crippen LogP contribution in [0.5, 0.6) is 0 Å². The largest absolute Gasteiger partial charge is 0.343 e. The van der Waals surface area contributed by atoms with E-state index in [-0.39, 0.29) is 16.3 Å². The number of aromatic nitrogens is 2. The molecule has 3 aromatic rings. The topological polar surface area (TPSA) is 114 Å². The SMILES string of the molecule is CNS(=O)(=O)c1cccc(C(=O)NC(c2ccc(Cl)cc2)c2ncon2)c1. The lowest BCUT2D eigenvalue weighted by atomic mass is 10.1. The molecular formula is C17H15ClN4O4S. The van der Waals surface area contributed by atoms with Crippen LogP contribution >= 0.6 is 11.6 Å². The van der Waals surface area contributed by atoms with Gasteiger partial charge in [-0.25, -0.2) is 13.1 Å². The zero-order valence-corrected chi connectivity index (χ0v) is 15.7. The number of halogens is 1. The average Bonchev–Trinajstić information content (AvgIpc) is 3.21. The summed E-state index contributed by atoms with van der Waals surface area (Å²) in [4.78, 5) is 16.7. The van der Waals surface area contributed by atoms with E-state index in [1.807, 2.05) is 0 Å². The number of sulfonamides is 1. The molecule has 10 heteroatoms. The first-order valence-corrected chi connectivity index (χ1v) is 9.63. The lowest BCUT2D eigenvalue weighted by molar-refractivity contribution is 0.0941. The Morgan fingerprint density at radius 1 is 1.19 bits per heavy atom. The number of carbonyl (C=O) groups is 1. The molecule has 8 nitrogen and oxygen atoms in total. The van der Waals surface area contributed by atoms with Gasteiger partial charge in [0, 0.05) is 10.6 Å². The van der Waals surface area contributed by atoms with E-state index >= 15 is 0 Å². The molecule has 0 aliphatic rings. The highest BCUT2D eigenvalue weighted by molar-refractivity contribution is 7.89. The molecule has 1 atom stereocenters. The third-order valence-electron chi connectivity index (χ3n) is 3.79. The molecule has 27 heavy (non-hydrogen) atoms. The number of hydrogen-bond acceptors (Lipinski definition) is 6. The molecule has 0 spiro atoms. The monoisotopic (exact) mass is 406 g/mol. The summed E-state index contributed by atoms with van der Waals surface area (Å²) in [5, 5.41) is 7.12. The highest BCUT2D eigenvalue weighted by atomic mass is 35.5. The van der Waals surface area contributed by atoms with Crippen molar-refractivity contribution in [2.75, 3.05) is 7.05 Å². The summed E-state index contributed by atoms with van der Waals surface area (Å²) in [5.41, 5.74) is 0.863. The summed E-state index contributed by atoms with van der Waals surface area (Å²) in [6, 6.07) is 11.8. The standard InChI is InChI=1S/C17H15ClN4O4S/c1-19-27(24,25)14-4-2-3-12(9-14)17(23)21-15(16-20-10-26-22-16)11-5-7-13(18)8-6-11/h2-10,15,19H,1H3,(H,21,23). The second-order valence-electron chi connectivity index (χ2n) is 5.48. The Morgan fingerprint density at radius 2 is 1.93 bits per heavy atom. The first kappa shape index (κ1) is 19.0. The summed E-state index contributed by atoms with van der Waals surface area (Å²) in [5.74, 6) is -0.238. The fraction of sp³-hybridized carbons (Fsp3) is 0.118. The third-order valence-corrected chi connectivity index (χ3v) is 5.45. The first-order chi connectivity index (χ1) is 12.9. The predicted octanol–water partition coefficient (Wildman–Crippen LogP) is 2.15. The zero-order chi connectivity index (χ0) is 19.4. The fourth-order valence-corrected chi connectivity index (χ4v) is 3.30. The van der Waals surface area contributed by atoms with E-state index in [9.17, 15) is 13.2 Å². The maximum Gasteiger partial charge on any atom is 0.252 e. The summed E-state index contributed by atoms with van der Waals surface area (Å²) in [6.07, 6.45) is 1.16. The fourth-order valence-electron chi connectivity index (χ4n) is 2.39. The number of hydrogen-bond donors (Lipinski definition) is 2. The van der Waals surface area contributed by atoms with E-state index in [1.54, 1.807) is 24.3 Å². The van der Waals surface area contributed by atoms with Gasteiger partial charge in [0.25, 0.3) is 5.91 Å². The summed E-state index contributed by atoms with van der Waals surface area (Å²) >= 11 is 5.92. The number of benzene rings is 2. The molecule has 1 amide bonds. The second kappa shape index (κ2) is 7.87. The second-order valence-corrected chi connectivity index (χ2v) is 7.81. The van der Waals surface area contributed by atoms with Crippen molar-refractivity contribution in [1.82, 2.24) is 20.2 Å². The number of nitrogens with one attached hydrogen (secondary N) is 2. The van der Waals surface area contributed by atoms with Gasteiger partial charge in [-0.05, 0) is 42.9 Å². The highest BCUT2D eigenvalue weighted by Gasteiger charge is 2.22. The predicted molar refractivity (Wildman–Crippen MR) is 97.7 cm³/mol. The van der Waals surface area contributed by atoms with Crippen LogP contribution in [0.1, 0.15) is 27.8 Å². The molecular weight excluding hydrogens is 392 g/mol. The van der Waals surface area contributed by atoms with E-state index in [4.69, 9.17) is 16.1 Å². The van der Waals surface area contributed by atoms with Gasteiger partial charge in [-0.15, -0.1) is 0 Å². The van der Waals surface area contributed by atoms with Gasteiger partial charge >= 0.3 is 0 Å². The van der Waals surface area contributed by atoms with E-state index < -0.39 is 22.0 Å². The maximum atomic E-state index is 12.7. The van der Waals surface area contributed by atoms with Crippen molar-refractivity contribution in [3.05, 3.63) is 76.9 Å². The molecule has 1 heterocycles. The molecule has 1 unspecified atom stereocenters. The quantitative estimate of drug-likeness (QED) is 0.648. The minimum absolute atomic E-state index is 0.0137. The first-order valence-electron chi connectivity index (χ1n) is 7.77. The molecule has 0 radical (unpaired) electrons. The van der Waals surface area contributed by atoms with E-state index in [0.717, 1.165) is 6.39 Å². The highest BCUT2D eigenvalue weighted by Crippen LogP contribution is 2.22. The van der Waals surface area contributed by atoms with Crippen molar-refractivity contribution < 1.29 is 17.7 Å². The van der Waals surface area contributed by atoms with E-state index in [2.05, 4.69) is 20.2 Å². The maximum absolute atomic E-state index is 12.7. The average molecular weight is 407 g/mol. The van der Waals surface area contributed by atoms with Gasteiger partial charge in [-0.1, -0.05) is 35.0 Å². The normalized spacial score (nSPS) is 12.5. The van der Waals surface area contributed by atoms with Crippen molar-refractivity contribution in [2.45, 2.75) is 10.9 Å². The molecule has 3 rings (SSSR count). The Labute approximate surface area is 160 Å². The molecule has 0 fully saturated rings. The van der Waals surface area contributed by atoms with Crippen LogP contribution in [0.2, 0.25) is 5.02 Å². The van der Waals surface area contributed by atoms with Crippen molar-refractivity contribution in [3.8, 4) is 0 Å². The van der Waals surface area contributed by atoms with E-state index in [0.29, 0.717) is 10.6 Å². The van der Waals surface area contributed by atoms with Crippen LogP contribution in [-0.4, -0.2) is 31.5 Å². The summed E-state index contributed by atoms with van der Waals surface area (Å²) in [7, 11) is -2.37. The minimum atomic E-state index is -3.67. The van der Waals surface area contributed by atoms with Crippen molar-refractivity contribution >= 4 is 27.5 Å². The minimum Gasteiger partial charge on any atom is -0.343 e. The molecule has 140 valence electrons. The van der Waals surface area contributed by atoms with Crippen LogP contribution in [0, 0.1) is 0 Å². The van der Waals surface area contributed by atoms with Crippen molar-refractivity contribution in [3.63, 3.8) is 0 Å². The lowest BCUT2D eigenvalue weighted by Crippen LogP contribution is -2.30.